The lowest BCUT2D eigenvalue weighted by Gasteiger charge is -2.12. The third-order valence-electron chi connectivity index (χ3n) is 1.13. The molecule has 0 aromatic rings. The Bertz CT molecular complexity index is 76.6. The highest BCUT2D eigenvalue weighted by Gasteiger charge is 2.01. The van der Waals surface area contributed by atoms with Crippen molar-refractivity contribution in [2.75, 3.05) is 0 Å². The van der Waals surface area contributed by atoms with E-state index in [0.29, 0.717) is 12.0 Å². The maximum atomic E-state index is 5.12. The second kappa shape index (κ2) is 4.42. The quantitative estimate of drug-likeness (QED) is 0.529. The van der Waals surface area contributed by atoms with Gasteiger partial charge in [0.15, 0.2) is 0 Å². The van der Waals surface area contributed by atoms with Crippen LogP contribution in [-0.4, -0.2) is 6.10 Å². The summed E-state index contributed by atoms with van der Waals surface area (Å²) in [5.74, 6) is 0.708. The van der Waals surface area contributed by atoms with Crippen LogP contribution in [-0.2, 0) is 4.74 Å². The first-order chi connectivity index (χ1) is 4.16. The van der Waals surface area contributed by atoms with E-state index in [1.807, 2.05) is 0 Å². The molecule has 0 aliphatic rings. The molecule has 0 amide bonds. The van der Waals surface area contributed by atoms with E-state index in [1.165, 1.54) is 6.26 Å². The Balaban J connectivity index is 3.25. The number of hydrogen-bond acceptors (Lipinski definition) is 1. The van der Waals surface area contributed by atoms with Gasteiger partial charge in [-0.2, -0.15) is 0 Å². The molecule has 0 saturated carbocycles. The monoisotopic (exact) mass is 128 g/mol. The zero-order valence-electron chi connectivity index (χ0n) is 6.55. The minimum Gasteiger partial charge on any atom is -0.499 e. The Labute approximate surface area is 57.7 Å². The maximum Gasteiger partial charge on any atom is 0.0952 e. The van der Waals surface area contributed by atoms with Crippen molar-refractivity contribution in [2.45, 2.75) is 33.3 Å². The standard InChI is InChI=1S/C8H16O/c1-5-9-8(4)6-7(2)3/h5,7-8H,1,6H2,2-4H3. The van der Waals surface area contributed by atoms with Crippen molar-refractivity contribution in [3.8, 4) is 0 Å². The Hall–Kier alpha value is -0.460. The largest absolute Gasteiger partial charge is 0.499 e. The van der Waals surface area contributed by atoms with E-state index in [9.17, 15) is 0 Å². The topological polar surface area (TPSA) is 9.23 Å². The zero-order chi connectivity index (χ0) is 7.28. The molecule has 54 valence electrons. The highest BCUT2D eigenvalue weighted by atomic mass is 16.5. The van der Waals surface area contributed by atoms with Crippen molar-refractivity contribution in [2.24, 2.45) is 5.92 Å². The summed E-state index contributed by atoms with van der Waals surface area (Å²) in [4.78, 5) is 0. The van der Waals surface area contributed by atoms with E-state index < -0.39 is 0 Å². The molecule has 0 saturated heterocycles. The predicted octanol–water partition coefficient (Wildman–Crippen LogP) is 2.58. The van der Waals surface area contributed by atoms with Crippen LogP contribution in [0.1, 0.15) is 27.2 Å². The minimum absolute atomic E-state index is 0.322. The normalized spacial score (nSPS) is 13.3. The first-order valence-corrected chi connectivity index (χ1v) is 3.43. The number of ether oxygens (including phenoxy) is 1. The zero-order valence-corrected chi connectivity index (χ0v) is 6.55. The fraction of sp³-hybridized carbons (Fsp3) is 0.750. The molecular weight excluding hydrogens is 112 g/mol. The van der Waals surface area contributed by atoms with Gasteiger partial charge in [0.1, 0.15) is 0 Å². The fourth-order valence-corrected chi connectivity index (χ4v) is 0.884. The predicted molar refractivity (Wildman–Crippen MR) is 40.2 cm³/mol. The van der Waals surface area contributed by atoms with Crippen molar-refractivity contribution in [3.63, 3.8) is 0 Å². The number of hydrogen-bond donors (Lipinski definition) is 0. The first kappa shape index (κ1) is 8.54. The summed E-state index contributed by atoms with van der Waals surface area (Å²) in [6.07, 6.45) is 2.93. The van der Waals surface area contributed by atoms with Crippen LogP contribution in [0.4, 0.5) is 0 Å². The van der Waals surface area contributed by atoms with Crippen LogP contribution < -0.4 is 0 Å². The molecule has 0 aliphatic carbocycles. The lowest BCUT2D eigenvalue weighted by Crippen LogP contribution is -2.07. The summed E-state index contributed by atoms with van der Waals surface area (Å²) < 4.78 is 5.12. The molecule has 0 aromatic carbocycles. The van der Waals surface area contributed by atoms with Gasteiger partial charge in [-0.1, -0.05) is 20.4 Å². The van der Waals surface area contributed by atoms with Crippen molar-refractivity contribution >= 4 is 0 Å². The lowest BCUT2D eigenvalue weighted by molar-refractivity contribution is 0.140. The maximum absolute atomic E-state index is 5.12. The molecule has 0 spiro atoms. The molecular formula is C8H16O. The highest BCUT2D eigenvalue weighted by Crippen LogP contribution is 2.06. The molecule has 1 nitrogen and oxygen atoms in total. The second-order valence-corrected chi connectivity index (χ2v) is 2.74. The van der Waals surface area contributed by atoms with Crippen LogP contribution in [0.3, 0.4) is 0 Å². The van der Waals surface area contributed by atoms with E-state index in [1.54, 1.807) is 0 Å². The molecule has 1 heteroatoms. The van der Waals surface area contributed by atoms with E-state index in [4.69, 9.17) is 4.74 Å². The summed E-state index contributed by atoms with van der Waals surface area (Å²) in [6, 6.07) is 0. The summed E-state index contributed by atoms with van der Waals surface area (Å²) in [6.45, 7) is 9.91. The third-order valence-corrected chi connectivity index (χ3v) is 1.13. The van der Waals surface area contributed by atoms with E-state index in [0.717, 1.165) is 6.42 Å². The van der Waals surface area contributed by atoms with Crippen molar-refractivity contribution < 1.29 is 4.74 Å². The van der Waals surface area contributed by atoms with Gasteiger partial charge in [-0.05, 0) is 19.3 Å². The lowest BCUT2D eigenvalue weighted by atomic mass is 10.1. The van der Waals surface area contributed by atoms with Crippen LogP contribution in [0.5, 0.6) is 0 Å². The minimum atomic E-state index is 0.322. The molecule has 0 fully saturated rings. The van der Waals surface area contributed by atoms with Gasteiger partial charge in [0.05, 0.1) is 12.4 Å². The molecule has 0 heterocycles. The van der Waals surface area contributed by atoms with E-state index in [2.05, 4.69) is 27.4 Å². The molecule has 0 rings (SSSR count). The van der Waals surface area contributed by atoms with E-state index in [-0.39, 0.29) is 0 Å². The number of rotatable bonds is 4. The third kappa shape index (κ3) is 5.41. The Morgan fingerprint density at radius 2 is 2.00 bits per heavy atom. The van der Waals surface area contributed by atoms with Crippen LogP contribution in [0, 0.1) is 5.92 Å². The van der Waals surface area contributed by atoms with Gasteiger partial charge in [-0.25, -0.2) is 0 Å². The molecule has 0 aliphatic heterocycles. The molecule has 0 N–H and O–H groups in total. The molecule has 0 aromatic heterocycles. The SMILES string of the molecule is C=COC(C)CC(C)C. The Morgan fingerprint density at radius 3 is 2.33 bits per heavy atom. The van der Waals surface area contributed by atoms with Gasteiger partial charge in [-0.15, -0.1) is 0 Å². The van der Waals surface area contributed by atoms with Crippen LogP contribution in [0.25, 0.3) is 0 Å². The first-order valence-electron chi connectivity index (χ1n) is 3.43. The van der Waals surface area contributed by atoms with Crippen molar-refractivity contribution in [1.29, 1.82) is 0 Å². The van der Waals surface area contributed by atoms with Crippen LogP contribution >= 0.6 is 0 Å². The van der Waals surface area contributed by atoms with Gasteiger partial charge < -0.3 is 4.74 Å². The van der Waals surface area contributed by atoms with Gasteiger partial charge in [0.25, 0.3) is 0 Å². The molecule has 9 heavy (non-hydrogen) atoms. The van der Waals surface area contributed by atoms with Crippen molar-refractivity contribution in [3.05, 3.63) is 12.8 Å². The highest BCUT2D eigenvalue weighted by molar-refractivity contribution is 4.58. The summed E-state index contributed by atoms with van der Waals surface area (Å²) >= 11 is 0. The molecule has 0 bridgehead atoms. The summed E-state index contributed by atoms with van der Waals surface area (Å²) in [7, 11) is 0. The van der Waals surface area contributed by atoms with Gasteiger partial charge >= 0.3 is 0 Å². The average molecular weight is 128 g/mol. The molecule has 0 radical (unpaired) electrons. The average Bonchev–Trinajstić information content (AvgIpc) is 1.63. The van der Waals surface area contributed by atoms with Gasteiger partial charge in [0.2, 0.25) is 0 Å². The fourth-order valence-electron chi connectivity index (χ4n) is 0.884. The summed E-state index contributed by atoms with van der Waals surface area (Å²) in [5.41, 5.74) is 0. The Morgan fingerprint density at radius 1 is 1.44 bits per heavy atom. The molecule has 1 unspecified atom stereocenters. The van der Waals surface area contributed by atoms with Gasteiger partial charge in [-0.3, -0.25) is 0 Å². The Kier molecular flexibility index (Phi) is 4.20. The van der Waals surface area contributed by atoms with Gasteiger partial charge in [0, 0.05) is 0 Å². The van der Waals surface area contributed by atoms with Crippen LogP contribution in [0.15, 0.2) is 12.8 Å². The second-order valence-electron chi connectivity index (χ2n) is 2.74. The van der Waals surface area contributed by atoms with Crippen molar-refractivity contribution in [1.82, 2.24) is 0 Å². The molecule has 1 atom stereocenters. The summed E-state index contributed by atoms with van der Waals surface area (Å²) in [5, 5.41) is 0. The van der Waals surface area contributed by atoms with E-state index >= 15 is 0 Å². The van der Waals surface area contributed by atoms with Crippen LogP contribution in [0.2, 0.25) is 0 Å². The smallest absolute Gasteiger partial charge is 0.0952 e.